The lowest BCUT2D eigenvalue weighted by Gasteiger charge is -1.21. The van der Waals surface area contributed by atoms with Gasteiger partial charge in [0.1, 0.15) is 0 Å². The summed E-state index contributed by atoms with van der Waals surface area (Å²) in [7, 11) is 0. The van der Waals surface area contributed by atoms with Gasteiger partial charge in [-0.05, 0) is 0 Å². The van der Waals surface area contributed by atoms with Crippen molar-refractivity contribution in [2.45, 2.75) is 6.92 Å². The van der Waals surface area contributed by atoms with E-state index in [0.717, 1.165) is 0 Å². The van der Waals surface area contributed by atoms with Gasteiger partial charge in [0.15, 0.2) is 0 Å². The molecule has 0 saturated carbocycles. The SMILES string of the molecule is C=[N+]=CC. The van der Waals surface area contributed by atoms with E-state index in [4.69, 9.17) is 0 Å². The Labute approximate surface area is 25.7 Å². The van der Waals surface area contributed by atoms with Crippen LogP contribution in [0, 0.1) is 0 Å². The van der Waals surface area contributed by atoms with E-state index in [1.807, 2.05) is 6.92 Å². The third-order valence-electron chi connectivity index (χ3n) is 0.183. The predicted molar refractivity (Wildman–Crippen MR) is 21.0 cm³/mol. The highest BCUT2D eigenvalue weighted by Crippen LogP contribution is 1.13. The Balaban J connectivity index is 3.11. The molecular weight excluding hydrogens is 50.0 g/mol. The monoisotopic (exact) mass is 56.0 g/mol. The second-order valence-corrected chi connectivity index (χ2v) is 0.441. The first-order chi connectivity index (χ1) is 1.91. The van der Waals surface area contributed by atoms with Gasteiger partial charge in [0.2, 0.25) is 0 Å². The summed E-state index contributed by atoms with van der Waals surface area (Å²) in [5.41, 5.74) is 0. The second-order valence-electron chi connectivity index (χ2n) is 0.441. The molecule has 0 aromatic carbocycles. The lowest BCUT2D eigenvalue weighted by molar-refractivity contribution is 1.73. The Morgan fingerprint density at radius 1 is 2.00 bits per heavy atom. The van der Waals surface area contributed by atoms with Gasteiger partial charge >= 0.3 is 0 Å². The molecule has 0 unspecified atom stereocenters. The van der Waals surface area contributed by atoms with Crippen LogP contribution < -0.4 is 4.67 Å². The summed E-state index contributed by atoms with van der Waals surface area (Å²) in [6.07, 6.45) is 1.64. The summed E-state index contributed by atoms with van der Waals surface area (Å²) in [5, 5.41) is 0. The van der Waals surface area contributed by atoms with Gasteiger partial charge in [-0.1, -0.05) is 0 Å². The maximum absolute atomic E-state index is 3.36. The van der Waals surface area contributed by atoms with Crippen LogP contribution in [-0.2, 0) is 0 Å². The van der Waals surface area contributed by atoms with Crippen LogP contribution in [-0.4, -0.2) is 12.9 Å². The summed E-state index contributed by atoms with van der Waals surface area (Å²) in [6.45, 7) is 5.00. The van der Waals surface area contributed by atoms with Gasteiger partial charge in [0.25, 0.3) is 12.9 Å². The number of hydrogen-bond acceptors (Lipinski definition) is 0. The summed E-state index contributed by atoms with van der Waals surface area (Å²) in [6, 6.07) is 0. The van der Waals surface area contributed by atoms with Crippen molar-refractivity contribution in [2.24, 2.45) is 0 Å². The first-order valence-electron chi connectivity index (χ1n) is 1.15. The minimum Gasteiger partial charge on any atom is -0.114 e. The van der Waals surface area contributed by atoms with Crippen LogP contribution in [0.3, 0.4) is 0 Å². The van der Waals surface area contributed by atoms with E-state index >= 15 is 0 Å². The van der Waals surface area contributed by atoms with E-state index in [1.165, 1.54) is 0 Å². The van der Waals surface area contributed by atoms with Crippen molar-refractivity contribution in [1.29, 1.82) is 0 Å². The molecule has 4 heavy (non-hydrogen) atoms. The van der Waals surface area contributed by atoms with E-state index in [1.54, 1.807) is 6.21 Å². The minimum absolute atomic E-state index is 1.64. The van der Waals surface area contributed by atoms with Gasteiger partial charge in [-0.25, -0.2) is 0 Å². The summed E-state index contributed by atoms with van der Waals surface area (Å²) in [4.78, 5) is 0. The highest BCUT2D eigenvalue weighted by molar-refractivity contribution is 5.54. The largest absolute Gasteiger partial charge is 0.265 e. The van der Waals surface area contributed by atoms with Crippen LogP contribution in [0.2, 0.25) is 0 Å². The van der Waals surface area contributed by atoms with Crippen LogP contribution in [0.1, 0.15) is 6.92 Å². The van der Waals surface area contributed by atoms with E-state index in [0.29, 0.717) is 0 Å². The van der Waals surface area contributed by atoms with Crippen LogP contribution in [0.25, 0.3) is 0 Å². The van der Waals surface area contributed by atoms with Gasteiger partial charge in [0, 0.05) is 6.92 Å². The maximum atomic E-state index is 3.36. The zero-order valence-corrected chi connectivity index (χ0v) is 2.73. The molecule has 0 heterocycles. The van der Waals surface area contributed by atoms with Crippen molar-refractivity contribution in [2.75, 3.05) is 0 Å². The average molecular weight is 56.1 g/mol. The molecule has 0 aliphatic carbocycles. The first-order valence-corrected chi connectivity index (χ1v) is 1.15. The molecule has 0 bridgehead atoms. The topological polar surface area (TPSA) is 14.1 Å². The molecule has 0 N–H and O–H groups in total. The van der Waals surface area contributed by atoms with Crippen molar-refractivity contribution in [1.82, 2.24) is 4.67 Å². The van der Waals surface area contributed by atoms with Crippen molar-refractivity contribution in [3.8, 4) is 0 Å². The van der Waals surface area contributed by atoms with Crippen LogP contribution >= 0.6 is 0 Å². The molecule has 0 radical (unpaired) electrons. The Kier molecular flexibility index (Phi) is 2.11. The Morgan fingerprint density at radius 3 is 2.25 bits per heavy atom. The molecule has 22 valence electrons. The molecule has 0 rings (SSSR count). The summed E-state index contributed by atoms with van der Waals surface area (Å²) < 4.78 is 3.36. The summed E-state index contributed by atoms with van der Waals surface area (Å²) in [5.74, 6) is 0. The quantitative estimate of drug-likeness (QED) is 0.270. The first kappa shape index (κ1) is 3.45. The average Bonchev–Trinajstić information content (AvgIpc) is 1.37. The highest BCUT2D eigenvalue weighted by atomic mass is 14.5. The molecule has 0 fully saturated rings. The molecule has 0 aliphatic heterocycles. The fourth-order valence-electron chi connectivity index (χ4n) is 0. The van der Waals surface area contributed by atoms with E-state index < -0.39 is 0 Å². The van der Waals surface area contributed by atoms with Gasteiger partial charge in [-0.2, -0.15) is 0 Å². The molecule has 1 nitrogen and oxygen atoms in total. The van der Waals surface area contributed by atoms with Crippen LogP contribution in [0.5, 0.6) is 0 Å². The predicted octanol–water partition coefficient (Wildman–Crippen LogP) is -0.155. The molecule has 0 aliphatic rings. The van der Waals surface area contributed by atoms with Gasteiger partial charge in [-0.15, -0.1) is 4.67 Å². The van der Waals surface area contributed by atoms with Gasteiger partial charge < -0.3 is 0 Å². The van der Waals surface area contributed by atoms with Crippen LogP contribution in [0.15, 0.2) is 0 Å². The third kappa shape index (κ3) is 1.45. The zero-order valence-electron chi connectivity index (χ0n) is 2.73. The highest BCUT2D eigenvalue weighted by Gasteiger charge is 1.43. The van der Waals surface area contributed by atoms with Crippen molar-refractivity contribution in [3.63, 3.8) is 0 Å². The number of rotatable bonds is 0. The van der Waals surface area contributed by atoms with E-state index in [2.05, 4.69) is 11.4 Å². The van der Waals surface area contributed by atoms with Crippen LogP contribution in [0.4, 0.5) is 0 Å². The van der Waals surface area contributed by atoms with Gasteiger partial charge in [-0.3, -0.25) is 0 Å². The Morgan fingerprint density at radius 2 is 2.25 bits per heavy atom. The van der Waals surface area contributed by atoms with E-state index in [-0.39, 0.29) is 0 Å². The van der Waals surface area contributed by atoms with Crippen molar-refractivity contribution < 1.29 is 0 Å². The molecule has 0 amide bonds. The molecule has 0 aromatic rings. The summed E-state index contributed by atoms with van der Waals surface area (Å²) >= 11 is 0. The third-order valence-corrected chi connectivity index (χ3v) is 0.183. The molecule has 0 spiro atoms. The maximum Gasteiger partial charge on any atom is 0.265 e. The molecule has 0 saturated heterocycles. The lowest BCUT2D eigenvalue weighted by atomic mass is 10.9. The Hall–Kier alpha value is -0.550. The molecular formula is C3H6N+. The zero-order chi connectivity index (χ0) is 3.41. The molecule has 1 heteroatoms. The van der Waals surface area contributed by atoms with Crippen molar-refractivity contribution >= 4 is 12.9 Å². The number of nitrogens with zero attached hydrogens (tertiary/aromatic N) is 1. The minimum atomic E-state index is 1.64. The normalized spacial score (nSPS) is 4.25. The standard InChI is InChI=1S/C3H6N/c1-3-4-2/h3H,2H2,1H3/q+1. The fourth-order valence-corrected chi connectivity index (χ4v) is 0. The van der Waals surface area contributed by atoms with Gasteiger partial charge in [0.05, 0.1) is 0 Å². The lowest BCUT2D eigenvalue weighted by Crippen LogP contribution is -1.57. The fraction of sp³-hybridized carbons (Fsp3) is 0.333. The van der Waals surface area contributed by atoms with Crippen molar-refractivity contribution in [3.05, 3.63) is 0 Å². The molecule has 0 atom stereocenters. The second kappa shape index (κ2) is 2.45. The van der Waals surface area contributed by atoms with E-state index in [9.17, 15) is 0 Å². The smallest absolute Gasteiger partial charge is 0.114 e. The number of hydrogen-bond donors (Lipinski definition) is 0. The Bertz CT molecular complexity index is 41.2. The molecule has 0 aromatic heterocycles.